The number of nitrogens with one attached hydrogen (secondary N) is 1. The van der Waals surface area contributed by atoms with E-state index in [1.165, 1.54) is 0 Å². The van der Waals surface area contributed by atoms with Crippen LogP contribution in [0.25, 0.3) is 0 Å². The van der Waals surface area contributed by atoms with Crippen molar-refractivity contribution in [3.05, 3.63) is 0 Å². The average Bonchev–Trinajstić information content (AvgIpc) is 2.01. The quantitative estimate of drug-likeness (QED) is 0.577. The molecule has 1 amide bonds. The predicted octanol–water partition coefficient (Wildman–Crippen LogP) is 0.233. The lowest BCUT2D eigenvalue weighted by Crippen LogP contribution is -2.47. The third-order valence-electron chi connectivity index (χ3n) is 2.33. The van der Waals surface area contributed by atoms with E-state index >= 15 is 0 Å². The van der Waals surface area contributed by atoms with Gasteiger partial charge in [0.15, 0.2) is 0 Å². The van der Waals surface area contributed by atoms with E-state index in [1.54, 1.807) is 4.67 Å². The Kier molecular flexibility index (Phi) is 2.85. The molecule has 1 rings (SSSR count). The van der Waals surface area contributed by atoms with Crippen LogP contribution in [0.4, 0.5) is 0 Å². The summed E-state index contributed by atoms with van der Waals surface area (Å²) in [6.45, 7) is 2.82. The Morgan fingerprint density at radius 1 is 1.73 bits per heavy atom. The molecule has 3 atom stereocenters. The van der Waals surface area contributed by atoms with Gasteiger partial charge in [-0.3, -0.25) is 4.79 Å². The normalized spacial score (nSPS) is 32.6. The lowest BCUT2D eigenvalue weighted by molar-refractivity contribution is -0.133. The summed E-state index contributed by atoms with van der Waals surface area (Å²) >= 11 is 0. The number of piperidine rings is 1. The monoisotopic (exact) mass is 174 g/mol. The summed E-state index contributed by atoms with van der Waals surface area (Å²) in [6, 6.07) is 0.360. The summed E-state index contributed by atoms with van der Waals surface area (Å²) in [5, 5.41) is 3.15. The molecule has 0 aromatic rings. The molecule has 11 heavy (non-hydrogen) atoms. The van der Waals surface area contributed by atoms with Crippen LogP contribution < -0.4 is 5.32 Å². The van der Waals surface area contributed by atoms with Crippen LogP contribution in [0.1, 0.15) is 13.3 Å². The molecule has 64 valence electrons. The molecule has 0 aliphatic carbocycles. The fourth-order valence-corrected chi connectivity index (χ4v) is 1.85. The highest BCUT2D eigenvalue weighted by atomic mass is 31.0. The van der Waals surface area contributed by atoms with E-state index in [9.17, 15) is 4.79 Å². The highest BCUT2D eigenvalue weighted by Gasteiger charge is 2.30. The second-order valence-electron chi connectivity index (χ2n) is 3.00. The molecular weight excluding hydrogens is 159 g/mol. The van der Waals surface area contributed by atoms with Gasteiger partial charge in [-0.1, -0.05) is 6.92 Å². The van der Waals surface area contributed by atoms with Gasteiger partial charge in [0.25, 0.3) is 0 Å². The Morgan fingerprint density at radius 2 is 2.36 bits per heavy atom. The van der Waals surface area contributed by atoms with Crippen molar-refractivity contribution in [2.24, 2.45) is 5.92 Å². The van der Waals surface area contributed by atoms with E-state index in [2.05, 4.69) is 14.7 Å². The van der Waals surface area contributed by atoms with Crippen LogP contribution in [-0.4, -0.2) is 30.2 Å². The molecule has 1 saturated heterocycles. The van der Waals surface area contributed by atoms with E-state index in [0.717, 1.165) is 13.0 Å². The molecule has 0 radical (unpaired) electrons. The molecule has 1 aliphatic heterocycles. The molecule has 0 aromatic heterocycles. The van der Waals surface area contributed by atoms with Gasteiger partial charge in [-0.05, 0) is 22.9 Å². The number of hydrogen-bond donors (Lipinski definition) is 1. The first-order valence-electron chi connectivity index (χ1n) is 3.90. The average molecular weight is 174 g/mol. The predicted molar refractivity (Wildman–Crippen MR) is 48.1 cm³/mol. The second-order valence-corrected chi connectivity index (χ2v) is 3.63. The molecule has 4 heteroatoms. The van der Waals surface area contributed by atoms with Gasteiger partial charge < -0.3 is 9.99 Å². The molecule has 1 N–H and O–H groups in total. The third-order valence-corrected chi connectivity index (χ3v) is 2.84. The molecule has 0 bridgehead atoms. The zero-order chi connectivity index (χ0) is 8.43. The molecule has 3 nitrogen and oxygen atoms in total. The molecule has 1 aliphatic rings. The number of carbonyl (C=O) groups is 1. The molecular formula is C7H15N2OP. The topological polar surface area (TPSA) is 32.3 Å². The van der Waals surface area contributed by atoms with Crippen molar-refractivity contribution in [2.45, 2.75) is 19.4 Å². The largest absolute Gasteiger partial charge is 0.327 e. The van der Waals surface area contributed by atoms with Crippen molar-refractivity contribution in [3.63, 3.8) is 0 Å². The van der Waals surface area contributed by atoms with Crippen molar-refractivity contribution >= 4 is 15.3 Å². The summed E-state index contributed by atoms with van der Waals surface area (Å²) in [6.07, 6.45) is 1.05. The zero-order valence-electron chi connectivity index (χ0n) is 7.00. The van der Waals surface area contributed by atoms with Crippen LogP contribution in [0.5, 0.6) is 0 Å². The maximum Gasteiger partial charge on any atom is 0.229 e. The van der Waals surface area contributed by atoms with Gasteiger partial charge in [-0.15, -0.1) is 0 Å². The third kappa shape index (κ3) is 1.71. The lowest BCUT2D eigenvalue weighted by atomic mass is 9.95. The molecule has 0 saturated carbocycles. The molecule has 3 unspecified atom stereocenters. The first-order valence-corrected chi connectivity index (χ1v) is 4.41. The van der Waals surface area contributed by atoms with E-state index in [1.807, 2.05) is 14.0 Å². The highest BCUT2D eigenvalue weighted by molar-refractivity contribution is 7.14. The molecule has 0 spiro atoms. The van der Waals surface area contributed by atoms with Crippen LogP contribution in [0.15, 0.2) is 0 Å². The van der Waals surface area contributed by atoms with Crippen LogP contribution >= 0.6 is 9.39 Å². The number of rotatable bonds is 1. The van der Waals surface area contributed by atoms with Gasteiger partial charge in [-0.25, -0.2) is 0 Å². The van der Waals surface area contributed by atoms with Crippen LogP contribution in [-0.2, 0) is 4.79 Å². The Balaban J connectivity index is 2.59. The Labute approximate surface area is 69.8 Å². The standard InChI is InChI=1S/C7H15N2OP/c1-5-6(8-2)3-4-9(11)7(5)10/h5-6,8H,3-4,11H2,1-2H3. The minimum atomic E-state index is 0.117. The Morgan fingerprint density at radius 3 is 2.91 bits per heavy atom. The fraction of sp³-hybridized carbons (Fsp3) is 0.857. The maximum atomic E-state index is 11.4. The van der Waals surface area contributed by atoms with Gasteiger partial charge in [0.1, 0.15) is 0 Å². The second kappa shape index (κ2) is 3.51. The zero-order valence-corrected chi connectivity index (χ0v) is 8.16. The molecule has 1 heterocycles. The van der Waals surface area contributed by atoms with Crippen molar-refractivity contribution in [1.82, 2.24) is 9.99 Å². The van der Waals surface area contributed by atoms with Gasteiger partial charge in [-0.2, -0.15) is 0 Å². The SMILES string of the molecule is CNC1CCN(P)C(=O)C1C. The van der Waals surface area contributed by atoms with E-state index < -0.39 is 0 Å². The summed E-state index contributed by atoms with van der Waals surface area (Å²) < 4.78 is 1.72. The van der Waals surface area contributed by atoms with Crippen LogP contribution in [0.3, 0.4) is 0 Å². The first-order chi connectivity index (χ1) is 5.16. The smallest absolute Gasteiger partial charge is 0.229 e. The Hall–Kier alpha value is -0.140. The first kappa shape index (κ1) is 8.95. The lowest BCUT2D eigenvalue weighted by Gasteiger charge is -2.33. The van der Waals surface area contributed by atoms with Gasteiger partial charge in [0.2, 0.25) is 5.91 Å². The van der Waals surface area contributed by atoms with Gasteiger partial charge >= 0.3 is 0 Å². The van der Waals surface area contributed by atoms with Crippen molar-refractivity contribution in [3.8, 4) is 0 Å². The number of nitrogens with zero attached hydrogens (tertiary/aromatic N) is 1. The van der Waals surface area contributed by atoms with Crippen LogP contribution in [0, 0.1) is 5.92 Å². The number of amides is 1. The summed E-state index contributed by atoms with van der Waals surface area (Å²) in [5.74, 6) is 0.340. The van der Waals surface area contributed by atoms with E-state index in [0.29, 0.717) is 6.04 Å². The minimum absolute atomic E-state index is 0.117. The van der Waals surface area contributed by atoms with Crippen molar-refractivity contribution < 1.29 is 4.79 Å². The number of hydrogen-bond acceptors (Lipinski definition) is 2. The molecule has 1 fully saturated rings. The van der Waals surface area contributed by atoms with Crippen LogP contribution in [0.2, 0.25) is 0 Å². The van der Waals surface area contributed by atoms with E-state index in [4.69, 9.17) is 0 Å². The number of carbonyl (C=O) groups excluding carboxylic acids is 1. The van der Waals surface area contributed by atoms with Crippen molar-refractivity contribution in [1.29, 1.82) is 0 Å². The summed E-state index contributed by atoms with van der Waals surface area (Å²) in [4.78, 5) is 11.4. The van der Waals surface area contributed by atoms with Gasteiger partial charge in [0, 0.05) is 12.6 Å². The summed E-state index contributed by atoms with van der Waals surface area (Å²) in [5.41, 5.74) is 0. The highest BCUT2D eigenvalue weighted by Crippen LogP contribution is 2.20. The minimum Gasteiger partial charge on any atom is -0.327 e. The van der Waals surface area contributed by atoms with E-state index in [-0.39, 0.29) is 11.8 Å². The fourth-order valence-electron chi connectivity index (χ4n) is 1.47. The molecule has 0 aromatic carbocycles. The van der Waals surface area contributed by atoms with Crippen molar-refractivity contribution in [2.75, 3.05) is 13.6 Å². The summed E-state index contributed by atoms with van der Waals surface area (Å²) in [7, 11) is 4.37. The maximum absolute atomic E-state index is 11.4. The van der Waals surface area contributed by atoms with Gasteiger partial charge in [0.05, 0.1) is 5.92 Å². The Bertz CT molecular complexity index is 163.